The maximum atomic E-state index is 15.1. The molecule has 37 heavy (non-hydrogen) atoms. The summed E-state index contributed by atoms with van der Waals surface area (Å²) >= 11 is 0. The number of benzene rings is 3. The van der Waals surface area contributed by atoms with Crippen LogP contribution >= 0.6 is 0 Å². The number of para-hydroxylation sites is 1. The number of methoxy groups -OCH3 is 1. The Balaban J connectivity index is 1.90. The van der Waals surface area contributed by atoms with Crippen LogP contribution in [0.3, 0.4) is 0 Å². The summed E-state index contributed by atoms with van der Waals surface area (Å²) in [5.74, 6) is -3.68. The molecule has 1 atom stereocenters. The average Bonchev–Trinajstić information content (AvgIpc) is 3.11. The van der Waals surface area contributed by atoms with Crippen molar-refractivity contribution in [2.24, 2.45) is 0 Å². The molecule has 0 aliphatic carbocycles. The molecule has 3 aromatic rings. The lowest BCUT2D eigenvalue weighted by molar-refractivity contribution is -0.189. The number of halogens is 3. The van der Waals surface area contributed by atoms with Gasteiger partial charge in [-0.15, -0.1) is 0 Å². The van der Waals surface area contributed by atoms with Crippen LogP contribution in [0.4, 0.5) is 13.2 Å². The second-order valence-electron chi connectivity index (χ2n) is 8.43. The largest absolute Gasteiger partial charge is 0.496 e. The van der Waals surface area contributed by atoms with E-state index < -0.39 is 34.9 Å². The molecular formula is C28H23F3N2O4. The maximum absolute atomic E-state index is 15.1. The van der Waals surface area contributed by atoms with Crippen molar-refractivity contribution in [1.29, 1.82) is 0 Å². The van der Waals surface area contributed by atoms with Crippen LogP contribution in [-0.4, -0.2) is 41.3 Å². The summed E-state index contributed by atoms with van der Waals surface area (Å²) in [4.78, 5) is 41.5. The molecule has 0 saturated heterocycles. The molecule has 0 unspecified atom stereocenters. The molecule has 0 fully saturated rings. The number of allylic oxidation sites excluding steroid dienone is 1. The van der Waals surface area contributed by atoms with Crippen LogP contribution < -0.4 is 10.1 Å². The number of hydrogen-bond donors (Lipinski definition) is 1. The van der Waals surface area contributed by atoms with Gasteiger partial charge in [0.05, 0.1) is 24.8 Å². The molecule has 0 saturated carbocycles. The van der Waals surface area contributed by atoms with Crippen LogP contribution in [0.25, 0.3) is 0 Å². The molecular weight excluding hydrogens is 485 g/mol. The van der Waals surface area contributed by atoms with Crippen LogP contribution in [0.5, 0.6) is 5.75 Å². The average molecular weight is 508 g/mol. The molecule has 0 bridgehead atoms. The first-order valence-electron chi connectivity index (χ1n) is 11.3. The first-order chi connectivity index (χ1) is 17.6. The van der Waals surface area contributed by atoms with Gasteiger partial charge in [0.15, 0.2) is 5.78 Å². The minimum absolute atomic E-state index is 0.0144. The smallest absolute Gasteiger partial charge is 0.425 e. The van der Waals surface area contributed by atoms with Gasteiger partial charge >= 0.3 is 6.18 Å². The van der Waals surface area contributed by atoms with E-state index in [4.69, 9.17) is 4.74 Å². The molecule has 1 aliphatic rings. The number of carbonyl (C=O) groups is 3. The van der Waals surface area contributed by atoms with Crippen LogP contribution in [0.1, 0.15) is 33.2 Å². The monoisotopic (exact) mass is 508 g/mol. The Morgan fingerprint density at radius 3 is 2.08 bits per heavy atom. The van der Waals surface area contributed by atoms with Gasteiger partial charge < -0.3 is 15.0 Å². The first kappa shape index (κ1) is 25.7. The van der Waals surface area contributed by atoms with Crippen molar-refractivity contribution in [2.75, 3.05) is 7.11 Å². The Kier molecular flexibility index (Phi) is 6.89. The lowest BCUT2D eigenvalue weighted by Crippen LogP contribution is -2.66. The predicted molar refractivity (Wildman–Crippen MR) is 130 cm³/mol. The number of nitrogens with one attached hydrogen (secondary N) is 1. The summed E-state index contributed by atoms with van der Waals surface area (Å²) < 4.78 is 50.3. The summed E-state index contributed by atoms with van der Waals surface area (Å²) in [7, 11) is 1.27. The van der Waals surface area contributed by atoms with Crippen LogP contribution in [-0.2, 0) is 11.3 Å². The highest BCUT2D eigenvalue weighted by Gasteiger charge is 2.70. The van der Waals surface area contributed by atoms with Crippen LogP contribution in [0.2, 0.25) is 0 Å². The molecule has 1 aliphatic heterocycles. The molecule has 1 N–H and O–H groups in total. The molecule has 190 valence electrons. The number of ether oxygens (including phenoxy) is 1. The van der Waals surface area contributed by atoms with Gasteiger partial charge in [-0.25, -0.2) is 0 Å². The van der Waals surface area contributed by atoms with Crippen LogP contribution in [0.15, 0.2) is 96.2 Å². The molecule has 1 heterocycles. The fourth-order valence-corrected chi connectivity index (χ4v) is 4.41. The number of alkyl halides is 3. The van der Waals surface area contributed by atoms with Crippen molar-refractivity contribution in [2.45, 2.75) is 25.2 Å². The van der Waals surface area contributed by atoms with E-state index in [1.165, 1.54) is 56.5 Å². The normalized spacial score (nSPS) is 17.6. The zero-order valence-electron chi connectivity index (χ0n) is 20.0. The Hall–Kier alpha value is -4.40. The second-order valence-corrected chi connectivity index (χ2v) is 8.43. The summed E-state index contributed by atoms with van der Waals surface area (Å²) in [6.07, 6.45) is -5.35. The number of Topliss-reactive ketones (excluding diaryl/α,β-unsaturated/α-hetero) is 1. The Labute approximate surface area is 211 Å². The van der Waals surface area contributed by atoms with Crippen LogP contribution in [0, 0.1) is 0 Å². The number of amides is 2. The fraction of sp³-hybridized carbons (Fsp3) is 0.179. The molecule has 6 nitrogen and oxygen atoms in total. The van der Waals surface area contributed by atoms with E-state index in [2.05, 4.69) is 0 Å². The van der Waals surface area contributed by atoms with E-state index in [0.717, 1.165) is 4.90 Å². The quantitative estimate of drug-likeness (QED) is 0.460. The Morgan fingerprint density at radius 1 is 0.919 bits per heavy atom. The standard InChI is InChI=1S/C28H23F3N2O4/c1-18-23(24(34)20-13-7-4-8-14-20)27(28(29,30)31,26(36)33(18)17-19-11-5-3-6-12-19)32-25(35)21-15-9-10-16-22(21)37-2/h3-16H,17H2,1-2H3,(H,32,35)/t27-/m1/s1. The van der Waals surface area contributed by atoms with E-state index in [0.29, 0.717) is 5.56 Å². The van der Waals surface area contributed by atoms with Gasteiger partial charge in [-0.1, -0.05) is 72.8 Å². The topological polar surface area (TPSA) is 75.7 Å². The summed E-state index contributed by atoms with van der Waals surface area (Å²) in [5, 5.41) is 1.91. The van der Waals surface area contributed by atoms with Gasteiger partial charge in [-0.3, -0.25) is 14.4 Å². The third-order valence-electron chi connectivity index (χ3n) is 6.23. The lowest BCUT2D eigenvalue weighted by Gasteiger charge is -2.33. The minimum atomic E-state index is -5.35. The van der Waals surface area contributed by atoms with Crippen molar-refractivity contribution in [3.05, 3.63) is 113 Å². The number of carbonyl (C=O) groups excluding carboxylic acids is 3. The number of nitrogens with zero attached hydrogens (tertiary/aromatic N) is 1. The molecule has 3 aromatic carbocycles. The highest BCUT2D eigenvalue weighted by atomic mass is 19.4. The lowest BCUT2D eigenvalue weighted by atomic mass is 9.84. The van der Waals surface area contributed by atoms with Gasteiger partial charge in [-0.05, 0) is 24.6 Å². The Morgan fingerprint density at radius 2 is 1.49 bits per heavy atom. The van der Waals surface area contributed by atoms with E-state index >= 15 is 13.2 Å². The second kappa shape index (κ2) is 9.93. The first-order valence-corrected chi connectivity index (χ1v) is 11.3. The third kappa shape index (κ3) is 4.48. The third-order valence-corrected chi connectivity index (χ3v) is 6.23. The highest BCUT2D eigenvalue weighted by molar-refractivity contribution is 6.19. The van der Waals surface area contributed by atoms with Gasteiger partial charge in [0.1, 0.15) is 5.75 Å². The molecule has 4 rings (SSSR count). The molecule has 0 radical (unpaired) electrons. The highest BCUT2D eigenvalue weighted by Crippen LogP contribution is 2.46. The molecule has 0 aromatic heterocycles. The number of rotatable bonds is 7. The number of hydrogen-bond acceptors (Lipinski definition) is 4. The van der Waals surface area contributed by atoms with Crippen molar-refractivity contribution in [3.8, 4) is 5.75 Å². The summed E-state index contributed by atoms with van der Waals surface area (Å²) in [6.45, 7) is 1.05. The van der Waals surface area contributed by atoms with Crippen molar-refractivity contribution < 1.29 is 32.3 Å². The minimum Gasteiger partial charge on any atom is -0.496 e. The fourth-order valence-electron chi connectivity index (χ4n) is 4.41. The van der Waals surface area contributed by atoms with Crippen molar-refractivity contribution in [3.63, 3.8) is 0 Å². The van der Waals surface area contributed by atoms with Gasteiger partial charge in [0, 0.05) is 11.3 Å². The summed E-state index contributed by atoms with van der Waals surface area (Å²) in [5.41, 5.74) is -4.37. The molecule has 0 spiro atoms. The van der Waals surface area contributed by atoms with E-state index in [1.54, 1.807) is 42.5 Å². The SMILES string of the molecule is COc1ccccc1C(=O)N[C@@]1(C(F)(F)F)C(=O)N(Cc2ccccc2)C(C)=C1C(=O)c1ccccc1. The van der Waals surface area contributed by atoms with E-state index in [9.17, 15) is 14.4 Å². The predicted octanol–water partition coefficient (Wildman–Crippen LogP) is 4.93. The number of ketones is 1. The molecule has 2 amide bonds. The van der Waals surface area contributed by atoms with Gasteiger partial charge in [-0.2, -0.15) is 13.2 Å². The van der Waals surface area contributed by atoms with E-state index in [1.807, 2.05) is 5.32 Å². The Bertz CT molecular complexity index is 1370. The van der Waals surface area contributed by atoms with E-state index in [-0.39, 0.29) is 29.1 Å². The summed E-state index contributed by atoms with van der Waals surface area (Å²) in [6, 6.07) is 21.4. The van der Waals surface area contributed by atoms with Crippen molar-refractivity contribution >= 4 is 17.6 Å². The van der Waals surface area contributed by atoms with Crippen molar-refractivity contribution in [1.82, 2.24) is 10.2 Å². The zero-order valence-corrected chi connectivity index (χ0v) is 20.0. The zero-order chi connectivity index (χ0) is 26.8. The van der Waals surface area contributed by atoms with Gasteiger partial charge in [0.25, 0.3) is 11.8 Å². The maximum Gasteiger partial charge on any atom is 0.425 e. The van der Waals surface area contributed by atoms with Gasteiger partial charge in [0.2, 0.25) is 5.54 Å². The molecule has 9 heteroatoms.